The highest BCUT2D eigenvalue weighted by molar-refractivity contribution is 5.91. The Morgan fingerprint density at radius 1 is 1.18 bits per heavy atom. The minimum Gasteiger partial charge on any atom is -0.459 e. The van der Waals surface area contributed by atoms with E-state index in [1.807, 2.05) is 4.90 Å². The number of likely N-dealkylation sites (tertiary alicyclic amines) is 1. The Morgan fingerprint density at radius 2 is 2.07 bits per heavy atom. The highest BCUT2D eigenvalue weighted by Gasteiger charge is 2.33. The smallest absolute Gasteiger partial charge is 0.289 e. The molecule has 2 aliphatic heterocycles. The second-order valence-electron chi connectivity index (χ2n) is 7.73. The largest absolute Gasteiger partial charge is 0.459 e. The van der Waals surface area contributed by atoms with Crippen molar-refractivity contribution in [3.8, 4) is 0 Å². The molecule has 5 rings (SSSR count). The van der Waals surface area contributed by atoms with Crippen molar-refractivity contribution in [2.45, 2.75) is 31.8 Å². The van der Waals surface area contributed by atoms with E-state index in [1.165, 1.54) is 16.8 Å². The maximum absolute atomic E-state index is 12.6. The van der Waals surface area contributed by atoms with Gasteiger partial charge in [0.15, 0.2) is 5.76 Å². The number of rotatable bonds is 4. The highest BCUT2D eigenvalue weighted by atomic mass is 16.3. The number of carbonyl (C=O) groups is 1. The van der Waals surface area contributed by atoms with E-state index >= 15 is 0 Å². The van der Waals surface area contributed by atoms with Gasteiger partial charge in [-0.05, 0) is 24.1 Å². The van der Waals surface area contributed by atoms with Crippen molar-refractivity contribution < 1.29 is 9.21 Å². The third-order valence-electron chi connectivity index (χ3n) is 5.89. The zero-order chi connectivity index (χ0) is 18.9. The molecule has 0 radical (unpaired) electrons. The molecule has 1 amide bonds. The maximum Gasteiger partial charge on any atom is 0.289 e. The van der Waals surface area contributed by atoms with E-state index in [9.17, 15) is 4.79 Å². The quantitative estimate of drug-likeness (QED) is 0.759. The highest BCUT2D eigenvalue weighted by Crippen LogP contribution is 2.33. The number of hydrogen-bond acceptors (Lipinski definition) is 4. The van der Waals surface area contributed by atoms with Crippen molar-refractivity contribution in [2.75, 3.05) is 19.6 Å². The Hall–Kier alpha value is -2.86. The van der Waals surface area contributed by atoms with Crippen LogP contribution < -0.4 is 0 Å². The van der Waals surface area contributed by atoms with Crippen LogP contribution >= 0.6 is 0 Å². The lowest BCUT2D eigenvalue weighted by atomic mass is 9.96. The van der Waals surface area contributed by atoms with Crippen LogP contribution in [0.4, 0.5) is 0 Å². The molecule has 1 fully saturated rings. The number of aromatic nitrogens is 2. The van der Waals surface area contributed by atoms with E-state index in [0.717, 1.165) is 44.7 Å². The number of nitrogens with zero attached hydrogens (tertiary/aromatic N) is 3. The third-order valence-corrected chi connectivity index (χ3v) is 5.89. The molecule has 6 heteroatoms. The first-order chi connectivity index (χ1) is 13.8. The lowest BCUT2D eigenvalue weighted by molar-refractivity contribution is 0.0759. The molecule has 4 heterocycles. The molecule has 1 saturated heterocycles. The minimum absolute atomic E-state index is 0.0254. The molecule has 144 valence electrons. The first kappa shape index (κ1) is 17.3. The second kappa shape index (κ2) is 7.28. The Kier molecular flexibility index (Phi) is 4.49. The molecule has 0 saturated carbocycles. The number of carbonyl (C=O) groups excluding carboxylic acids is 1. The minimum atomic E-state index is -0.0254. The topological polar surface area (TPSA) is 65.4 Å². The van der Waals surface area contributed by atoms with Crippen molar-refractivity contribution in [1.82, 2.24) is 20.0 Å². The molecule has 6 nitrogen and oxygen atoms in total. The van der Waals surface area contributed by atoms with E-state index < -0.39 is 0 Å². The zero-order valence-electron chi connectivity index (χ0n) is 15.8. The molecule has 2 aromatic heterocycles. The van der Waals surface area contributed by atoms with Crippen LogP contribution in [0.1, 0.15) is 45.4 Å². The number of aromatic amines is 1. The number of fused-ring (bicyclic) bond motifs is 1. The number of H-pyrrole nitrogens is 1. The Morgan fingerprint density at radius 3 is 2.89 bits per heavy atom. The summed E-state index contributed by atoms with van der Waals surface area (Å²) in [7, 11) is 0. The van der Waals surface area contributed by atoms with Gasteiger partial charge in [0.25, 0.3) is 5.91 Å². The molecule has 0 spiro atoms. The van der Waals surface area contributed by atoms with Gasteiger partial charge < -0.3 is 9.32 Å². The number of benzene rings is 1. The first-order valence-electron chi connectivity index (χ1n) is 9.93. The van der Waals surface area contributed by atoms with Gasteiger partial charge in [0.2, 0.25) is 0 Å². The van der Waals surface area contributed by atoms with E-state index in [4.69, 9.17) is 4.42 Å². The SMILES string of the molecule is O=C(c1ccco1)N1CCC(c2n[nH]c3c2CN(Cc2ccccc2)CC3)C1. The van der Waals surface area contributed by atoms with Crippen LogP contribution in [0.15, 0.2) is 53.1 Å². The summed E-state index contributed by atoms with van der Waals surface area (Å²) in [5, 5.41) is 7.93. The van der Waals surface area contributed by atoms with Crippen molar-refractivity contribution in [1.29, 1.82) is 0 Å². The van der Waals surface area contributed by atoms with Gasteiger partial charge in [0.1, 0.15) is 0 Å². The van der Waals surface area contributed by atoms with Crippen LogP contribution in [0.25, 0.3) is 0 Å². The normalized spacial score (nSPS) is 19.7. The molecule has 1 N–H and O–H groups in total. The Labute approximate surface area is 164 Å². The molecular formula is C22H24N4O2. The summed E-state index contributed by atoms with van der Waals surface area (Å²) in [5.41, 5.74) is 5.07. The van der Waals surface area contributed by atoms with Crippen molar-refractivity contribution in [2.24, 2.45) is 0 Å². The number of amides is 1. The van der Waals surface area contributed by atoms with E-state index in [2.05, 4.69) is 45.4 Å². The van der Waals surface area contributed by atoms with Crippen LogP contribution in [0.2, 0.25) is 0 Å². The summed E-state index contributed by atoms with van der Waals surface area (Å²) in [6.45, 7) is 4.36. The van der Waals surface area contributed by atoms with Gasteiger partial charge in [-0.2, -0.15) is 5.10 Å². The number of hydrogen-bond donors (Lipinski definition) is 1. The molecule has 0 aliphatic carbocycles. The Balaban J connectivity index is 1.29. The molecular weight excluding hydrogens is 352 g/mol. The molecule has 2 aliphatic rings. The predicted octanol–water partition coefficient (Wildman–Crippen LogP) is 3.19. The molecule has 1 aromatic carbocycles. The summed E-state index contributed by atoms with van der Waals surface area (Å²) in [6, 6.07) is 14.1. The van der Waals surface area contributed by atoms with E-state index in [0.29, 0.717) is 12.3 Å². The fourth-order valence-electron chi connectivity index (χ4n) is 4.41. The van der Waals surface area contributed by atoms with Gasteiger partial charge in [-0.15, -0.1) is 0 Å². The van der Waals surface area contributed by atoms with Gasteiger partial charge in [0.05, 0.1) is 12.0 Å². The van der Waals surface area contributed by atoms with Gasteiger partial charge in [-0.1, -0.05) is 30.3 Å². The molecule has 1 atom stereocenters. The van der Waals surface area contributed by atoms with Crippen LogP contribution in [0, 0.1) is 0 Å². The lowest BCUT2D eigenvalue weighted by Gasteiger charge is -2.27. The standard InChI is InChI=1S/C22H24N4O2/c27-22(20-7-4-12-28-20)26-11-8-17(14-26)21-18-15-25(10-9-19(18)23-24-21)13-16-5-2-1-3-6-16/h1-7,12,17H,8-11,13-15H2,(H,23,24). The monoisotopic (exact) mass is 376 g/mol. The second-order valence-corrected chi connectivity index (χ2v) is 7.73. The average molecular weight is 376 g/mol. The number of furan rings is 1. The molecule has 28 heavy (non-hydrogen) atoms. The van der Waals surface area contributed by atoms with Gasteiger partial charge in [0, 0.05) is 56.3 Å². The maximum atomic E-state index is 12.6. The summed E-state index contributed by atoms with van der Waals surface area (Å²) in [4.78, 5) is 16.9. The average Bonchev–Trinajstić information content (AvgIpc) is 3.48. The Bertz CT molecular complexity index is 948. The number of nitrogens with one attached hydrogen (secondary N) is 1. The van der Waals surface area contributed by atoms with E-state index in [-0.39, 0.29) is 11.8 Å². The molecule has 0 bridgehead atoms. The first-order valence-corrected chi connectivity index (χ1v) is 9.93. The summed E-state index contributed by atoms with van der Waals surface area (Å²) in [5.74, 6) is 0.678. The summed E-state index contributed by atoms with van der Waals surface area (Å²) < 4.78 is 5.28. The van der Waals surface area contributed by atoms with Crippen LogP contribution in [-0.2, 0) is 19.5 Å². The van der Waals surface area contributed by atoms with Crippen LogP contribution in [0.3, 0.4) is 0 Å². The van der Waals surface area contributed by atoms with Crippen molar-refractivity contribution in [3.05, 3.63) is 77.0 Å². The van der Waals surface area contributed by atoms with Crippen molar-refractivity contribution >= 4 is 5.91 Å². The van der Waals surface area contributed by atoms with Gasteiger partial charge in [-0.25, -0.2) is 0 Å². The van der Waals surface area contributed by atoms with Gasteiger partial charge >= 0.3 is 0 Å². The summed E-state index contributed by atoms with van der Waals surface area (Å²) >= 11 is 0. The van der Waals surface area contributed by atoms with E-state index in [1.54, 1.807) is 18.4 Å². The molecule has 3 aromatic rings. The fraction of sp³-hybridized carbons (Fsp3) is 0.364. The molecule has 1 unspecified atom stereocenters. The summed E-state index contributed by atoms with van der Waals surface area (Å²) in [6.07, 6.45) is 3.49. The lowest BCUT2D eigenvalue weighted by Crippen LogP contribution is -2.31. The zero-order valence-corrected chi connectivity index (χ0v) is 15.8. The van der Waals surface area contributed by atoms with Gasteiger partial charge in [-0.3, -0.25) is 14.8 Å². The van der Waals surface area contributed by atoms with Crippen LogP contribution in [0.5, 0.6) is 0 Å². The predicted molar refractivity (Wildman–Crippen MR) is 105 cm³/mol. The third kappa shape index (κ3) is 3.24. The van der Waals surface area contributed by atoms with Crippen LogP contribution in [-0.4, -0.2) is 45.5 Å². The van der Waals surface area contributed by atoms with Crippen molar-refractivity contribution in [3.63, 3.8) is 0 Å². The fourth-order valence-corrected chi connectivity index (χ4v) is 4.41.